The maximum atomic E-state index is 9.63. The van der Waals surface area contributed by atoms with Gasteiger partial charge in [-0.15, -0.1) is 0 Å². The van der Waals surface area contributed by atoms with Crippen LogP contribution in [0.5, 0.6) is 0 Å². The molecule has 3 heteroatoms. The van der Waals surface area contributed by atoms with Crippen molar-refractivity contribution >= 4 is 9.84 Å². The van der Waals surface area contributed by atoms with Crippen LogP contribution >= 0.6 is 0 Å². The Labute approximate surface area is 131 Å². The van der Waals surface area contributed by atoms with Crippen LogP contribution in [-0.2, 0) is 9.84 Å². The highest BCUT2D eigenvalue weighted by Crippen LogP contribution is 2.07. The molecule has 21 heavy (non-hydrogen) atoms. The van der Waals surface area contributed by atoms with Gasteiger partial charge in [-0.05, 0) is 38.3 Å². The van der Waals surface area contributed by atoms with Gasteiger partial charge in [0.25, 0.3) is 0 Å². The first-order valence-corrected chi connectivity index (χ1v) is 9.50. The van der Waals surface area contributed by atoms with Crippen molar-refractivity contribution in [2.75, 3.05) is 12.5 Å². The Balaban J connectivity index is 0. The molecule has 2 rings (SSSR count). The van der Waals surface area contributed by atoms with E-state index in [1.165, 1.54) is 16.7 Å². The Kier molecular flexibility index (Phi) is 12.9. The Morgan fingerprint density at radius 3 is 1.52 bits per heavy atom. The van der Waals surface area contributed by atoms with Crippen molar-refractivity contribution in [3.8, 4) is 0 Å². The third kappa shape index (κ3) is 18.6. The van der Waals surface area contributed by atoms with Gasteiger partial charge in [-0.3, -0.25) is 0 Å². The molecule has 1 aromatic carbocycles. The second-order valence-electron chi connectivity index (χ2n) is 4.82. The maximum absolute atomic E-state index is 9.63. The first kappa shape index (κ1) is 21.9. The molecule has 0 saturated carbocycles. The largest absolute Gasteiger partial charge is 0.229 e. The zero-order valence-corrected chi connectivity index (χ0v) is 15.3. The van der Waals surface area contributed by atoms with Crippen molar-refractivity contribution in [1.29, 1.82) is 0 Å². The van der Waals surface area contributed by atoms with E-state index in [2.05, 4.69) is 63.3 Å². The summed E-state index contributed by atoms with van der Waals surface area (Å²) >= 11 is 0. The molecular weight excluding hydrogens is 280 g/mol. The molecular formula is C18H30O2S. The average Bonchev–Trinajstić information content (AvgIpc) is 2.94. The number of benzene rings is 1. The predicted octanol–water partition coefficient (Wildman–Crippen LogP) is 4.80. The van der Waals surface area contributed by atoms with Crippen LogP contribution in [-0.4, -0.2) is 20.9 Å². The molecule has 0 bridgehead atoms. The molecule has 0 saturated heterocycles. The van der Waals surface area contributed by atoms with E-state index in [4.69, 9.17) is 0 Å². The Morgan fingerprint density at radius 1 is 0.857 bits per heavy atom. The van der Waals surface area contributed by atoms with Crippen molar-refractivity contribution in [1.82, 2.24) is 0 Å². The summed E-state index contributed by atoms with van der Waals surface area (Å²) in [6.45, 7) is 10.4. The highest BCUT2D eigenvalue weighted by molar-refractivity contribution is 7.89. The summed E-state index contributed by atoms with van der Waals surface area (Å²) in [5.74, 6) is 0. The minimum atomic E-state index is -2.67. The van der Waals surface area contributed by atoms with E-state index < -0.39 is 9.84 Å². The highest BCUT2D eigenvalue weighted by Gasteiger charge is 1.89. The van der Waals surface area contributed by atoms with E-state index in [1.807, 2.05) is 13.8 Å². The molecule has 0 aliphatic heterocycles. The molecule has 0 radical (unpaired) electrons. The van der Waals surface area contributed by atoms with Gasteiger partial charge >= 0.3 is 0 Å². The number of aryl methyl sites for hydroxylation is 3. The van der Waals surface area contributed by atoms with E-state index in [0.717, 1.165) is 18.9 Å². The molecule has 0 heterocycles. The predicted molar refractivity (Wildman–Crippen MR) is 95.7 cm³/mol. The lowest BCUT2D eigenvalue weighted by atomic mass is 10.1. The molecule has 1 aromatic rings. The van der Waals surface area contributed by atoms with Crippen molar-refractivity contribution in [3.63, 3.8) is 0 Å². The van der Waals surface area contributed by atoms with Gasteiger partial charge in [-0.25, -0.2) is 8.42 Å². The van der Waals surface area contributed by atoms with Crippen molar-refractivity contribution < 1.29 is 8.42 Å². The molecule has 0 amide bonds. The Hall–Kier alpha value is -1.35. The van der Waals surface area contributed by atoms with Crippen LogP contribution in [0.1, 0.15) is 37.0 Å². The molecule has 0 fully saturated rings. The van der Waals surface area contributed by atoms with Crippen LogP contribution < -0.4 is 0 Å². The van der Waals surface area contributed by atoms with Crippen LogP contribution in [0.15, 0.2) is 42.5 Å². The van der Waals surface area contributed by atoms with Gasteiger partial charge in [0.2, 0.25) is 0 Å². The fourth-order valence-electron chi connectivity index (χ4n) is 1.28. The number of allylic oxidation sites excluding steroid dienone is 4. The first-order valence-electron chi connectivity index (χ1n) is 7.20. The Bertz CT molecular complexity index is 520. The number of sulfone groups is 1. The Morgan fingerprint density at radius 2 is 1.29 bits per heavy atom. The van der Waals surface area contributed by atoms with Crippen LogP contribution in [0.4, 0.5) is 0 Å². The number of rotatable bonds is 0. The summed E-state index contributed by atoms with van der Waals surface area (Å²) in [7, 11) is -2.67. The molecule has 0 N–H and O–H groups in total. The number of hydrogen-bond donors (Lipinski definition) is 0. The fraction of sp³-hybridized carbons (Fsp3) is 0.444. The summed E-state index contributed by atoms with van der Waals surface area (Å²) in [6.07, 6.45) is 11.8. The minimum Gasteiger partial charge on any atom is -0.229 e. The van der Waals surface area contributed by atoms with Gasteiger partial charge in [0, 0.05) is 12.5 Å². The SMILES string of the molecule is C1=CCC=C1.CC.CS(C)(=O)=O.Cc1ccc(C)c(C)c1. The first-order chi connectivity index (χ1) is 9.70. The van der Waals surface area contributed by atoms with E-state index in [0.29, 0.717) is 0 Å². The maximum Gasteiger partial charge on any atom is 0.144 e. The van der Waals surface area contributed by atoms with Crippen LogP contribution in [0.3, 0.4) is 0 Å². The second-order valence-corrected chi connectivity index (χ2v) is 7.11. The zero-order valence-electron chi connectivity index (χ0n) is 14.5. The summed E-state index contributed by atoms with van der Waals surface area (Å²) in [6, 6.07) is 6.50. The van der Waals surface area contributed by atoms with Crippen molar-refractivity contribution in [2.45, 2.75) is 41.0 Å². The normalized spacial score (nSPS) is 11.4. The highest BCUT2D eigenvalue weighted by atomic mass is 32.2. The van der Waals surface area contributed by atoms with Gasteiger partial charge in [0.1, 0.15) is 9.84 Å². The summed E-state index contributed by atoms with van der Waals surface area (Å²) < 4.78 is 19.3. The van der Waals surface area contributed by atoms with E-state index in [9.17, 15) is 8.42 Å². The van der Waals surface area contributed by atoms with Crippen molar-refractivity contribution in [3.05, 3.63) is 59.2 Å². The molecule has 0 aromatic heterocycles. The fourth-order valence-corrected chi connectivity index (χ4v) is 1.28. The molecule has 1 aliphatic rings. The number of hydrogen-bond acceptors (Lipinski definition) is 2. The van der Waals surface area contributed by atoms with Gasteiger partial charge in [0.15, 0.2) is 0 Å². The smallest absolute Gasteiger partial charge is 0.144 e. The molecule has 0 spiro atoms. The monoisotopic (exact) mass is 310 g/mol. The van der Waals surface area contributed by atoms with E-state index in [1.54, 1.807) is 0 Å². The van der Waals surface area contributed by atoms with Gasteiger partial charge in [-0.1, -0.05) is 61.9 Å². The zero-order chi connectivity index (χ0) is 16.9. The molecule has 0 atom stereocenters. The summed E-state index contributed by atoms with van der Waals surface area (Å²) in [4.78, 5) is 0. The average molecular weight is 311 g/mol. The van der Waals surface area contributed by atoms with Crippen molar-refractivity contribution in [2.24, 2.45) is 0 Å². The quantitative estimate of drug-likeness (QED) is 0.689. The summed E-state index contributed by atoms with van der Waals surface area (Å²) in [5.41, 5.74) is 4.11. The molecule has 2 nitrogen and oxygen atoms in total. The lowest BCUT2D eigenvalue weighted by molar-refractivity contribution is 0.607. The standard InChI is InChI=1S/C9H12.C5H6.C2H6O2S.C2H6/c1-7-4-5-8(2)9(3)6-7;1-2-4-5-3-1;1-5(2,3)4;1-2/h4-6H,1-3H3;1-4H,5H2;1-2H3;1-2H3. The minimum absolute atomic E-state index is 1.14. The van der Waals surface area contributed by atoms with Crippen LogP contribution in [0.2, 0.25) is 0 Å². The van der Waals surface area contributed by atoms with Crippen LogP contribution in [0, 0.1) is 20.8 Å². The lowest BCUT2D eigenvalue weighted by Gasteiger charge is -1.98. The lowest BCUT2D eigenvalue weighted by Crippen LogP contribution is -1.86. The van der Waals surface area contributed by atoms with Gasteiger partial charge in [-0.2, -0.15) is 0 Å². The van der Waals surface area contributed by atoms with Gasteiger partial charge in [0.05, 0.1) is 0 Å². The second kappa shape index (κ2) is 12.4. The van der Waals surface area contributed by atoms with Gasteiger partial charge < -0.3 is 0 Å². The topological polar surface area (TPSA) is 34.1 Å². The van der Waals surface area contributed by atoms with E-state index in [-0.39, 0.29) is 0 Å². The third-order valence-corrected chi connectivity index (χ3v) is 2.32. The molecule has 1 aliphatic carbocycles. The molecule has 0 unspecified atom stereocenters. The molecule has 120 valence electrons. The van der Waals surface area contributed by atoms with E-state index >= 15 is 0 Å². The summed E-state index contributed by atoms with van der Waals surface area (Å²) in [5, 5.41) is 0. The third-order valence-electron chi connectivity index (χ3n) is 2.32. The van der Waals surface area contributed by atoms with Crippen LogP contribution in [0.25, 0.3) is 0 Å².